The lowest BCUT2D eigenvalue weighted by Gasteiger charge is -2.05. The first-order chi connectivity index (χ1) is 8.65. The Morgan fingerprint density at radius 3 is 2.56 bits per heavy atom. The smallest absolute Gasteiger partial charge is 0.338 e. The number of halogens is 2. The van der Waals surface area contributed by atoms with Crippen LogP contribution < -0.4 is 0 Å². The Balaban J connectivity index is 1.98. The zero-order valence-electron chi connectivity index (χ0n) is 9.40. The molecule has 0 aliphatic carbocycles. The molecule has 0 amide bonds. The molecule has 0 radical (unpaired) electrons. The molecule has 0 aliphatic rings. The molecule has 2 aromatic carbocycles. The molecule has 0 unspecified atom stereocenters. The van der Waals surface area contributed by atoms with E-state index < -0.39 is 0 Å². The quantitative estimate of drug-likeness (QED) is 0.779. The number of benzene rings is 2. The van der Waals surface area contributed by atoms with Crippen molar-refractivity contribution < 1.29 is 9.53 Å². The maximum absolute atomic E-state index is 11.7. The van der Waals surface area contributed by atoms with Crippen LogP contribution >= 0.6 is 27.5 Å². The van der Waals surface area contributed by atoms with Crippen molar-refractivity contribution in [1.29, 1.82) is 0 Å². The molecular formula is C14H10BrClO2. The minimum absolute atomic E-state index is 0.249. The Labute approximate surface area is 119 Å². The fourth-order valence-electron chi connectivity index (χ4n) is 1.43. The number of hydrogen-bond acceptors (Lipinski definition) is 2. The van der Waals surface area contributed by atoms with Gasteiger partial charge in [-0.2, -0.15) is 0 Å². The van der Waals surface area contributed by atoms with Crippen LogP contribution in [0.1, 0.15) is 15.9 Å². The van der Waals surface area contributed by atoms with Gasteiger partial charge in [0.05, 0.1) is 5.56 Å². The van der Waals surface area contributed by atoms with Gasteiger partial charge in [-0.05, 0) is 35.9 Å². The van der Waals surface area contributed by atoms with Gasteiger partial charge in [0, 0.05) is 9.50 Å². The standard InChI is InChI=1S/C14H10BrClO2/c15-12-6-4-10(5-7-12)9-18-14(17)11-2-1-3-13(16)8-11/h1-8H,9H2. The number of carbonyl (C=O) groups is 1. The van der Waals surface area contributed by atoms with Gasteiger partial charge in [-0.25, -0.2) is 4.79 Å². The number of ether oxygens (including phenoxy) is 1. The summed E-state index contributed by atoms with van der Waals surface area (Å²) in [4.78, 5) is 11.7. The number of hydrogen-bond donors (Lipinski definition) is 0. The molecule has 0 saturated heterocycles. The summed E-state index contributed by atoms with van der Waals surface area (Å²) >= 11 is 9.16. The van der Waals surface area contributed by atoms with E-state index in [0.29, 0.717) is 10.6 Å². The molecule has 92 valence electrons. The summed E-state index contributed by atoms with van der Waals surface area (Å²) in [5, 5.41) is 0.521. The van der Waals surface area contributed by atoms with Crippen LogP contribution in [-0.4, -0.2) is 5.97 Å². The van der Waals surface area contributed by atoms with E-state index in [1.165, 1.54) is 0 Å². The fraction of sp³-hybridized carbons (Fsp3) is 0.0714. The van der Waals surface area contributed by atoms with Crippen molar-refractivity contribution in [1.82, 2.24) is 0 Å². The van der Waals surface area contributed by atoms with Crippen LogP contribution in [0.5, 0.6) is 0 Å². The van der Waals surface area contributed by atoms with Crippen molar-refractivity contribution in [3.8, 4) is 0 Å². The van der Waals surface area contributed by atoms with Crippen molar-refractivity contribution in [3.63, 3.8) is 0 Å². The third-order valence-electron chi connectivity index (χ3n) is 2.34. The largest absolute Gasteiger partial charge is 0.457 e. The Morgan fingerprint density at radius 2 is 1.89 bits per heavy atom. The molecule has 2 rings (SSSR count). The van der Waals surface area contributed by atoms with Crippen LogP contribution in [0.4, 0.5) is 0 Å². The Kier molecular flexibility index (Phi) is 4.39. The number of esters is 1. The normalized spacial score (nSPS) is 10.1. The Bertz CT molecular complexity index is 552. The summed E-state index contributed by atoms with van der Waals surface area (Å²) in [6.45, 7) is 0.249. The highest BCUT2D eigenvalue weighted by Crippen LogP contribution is 2.14. The van der Waals surface area contributed by atoms with Gasteiger partial charge in [-0.1, -0.05) is 45.7 Å². The van der Waals surface area contributed by atoms with Crippen molar-refractivity contribution in [2.45, 2.75) is 6.61 Å². The SMILES string of the molecule is O=C(OCc1ccc(Br)cc1)c1cccc(Cl)c1. The summed E-state index contributed by atoms with van der Waals surface area (Å²) in [5.41, 5.74) is 1.40. The van der Waals surface area contributed by atoms with Crippen LogP contribution in [0, 0.1) is 0 Å². The third kappa shape index (κ3) is 3.59. The molecule has 4 heteroatoms. The first-order valence-electron chi connectivity index (χ1n) is 5.32. The topological polar surface area (TPSA) is 26.3 Å². The van der Waals surface area contributed by atoms with E-state index in [1.54, 1.807) is 24.3 Å². The van der Waals surface area contributed by atoms with Gasteiger partial charge in [0.15, 0.2) is 0 Å². The van der Waals surface area contributed by atoms with E-state index in [1.807, 2.05) is 24.3 Å². The summed E-state index contributed by atoms with van der Waals surface area (Å²) in [6.07, 6.45) is 0. The third-order valence-corrected chi connectivity index (χ3v) is 3.11. The van der Waals surface area contributed by atoms with Crippen LogP contribution in [0.3, 0.4) is 0 Å². The zero-order chi connectivity index (χ0) is 13.0. The van der Waals surface area contributed by atoms with Crippen molar-refractivity contribution >= 4 is 33.5 Å². The van der Waals surface area contributed by atoms with Gasteiger partial charge >= 0.3 is 5.97 Å². The van der Waals surface area contributed by atoms with Crippen LogP contribution in [0.2, 0.25) is 5.02 Å². The van der Waals surface area contributed by atoms with Crippen LogP contribution in [0.15, 0.2) is 53.0 Å². The zero-order valence-corrected chi connectivity index (χ0v) is 11.7. The molecular weight excluding hydrogens is 316 g/mol. The lowest BCUT2D eigenvalue weighted by Crippen LogP contribution is -2.04. The number of carbonyl (C=O) groups excluding carboxylic acids is 1. The minimum atomic E-state index is -0.375. The highest BCUT2D eigenvalue weighted by Gasteiger charge is 2.07. The lowest BCUT2D eigenvalue weighted by atomic mass is 10.2. The minimum Gasteiger partial charge on any atom is -0.457 e. The maximum atomic E-state index is 11.7. The second kappa shape index (κ2) is 6.03. The average Bonchev–Trinajstić information content (AvgIpc) is 2.38. The maximum Gasteiger partial charge on any atom is 0.338 e. The van der Waals surface area contributed by atoms with Crippen LogP contribution in [-0.2, 0) is 11.3 Å². The van der Waals surface area contributed by atoms with E-state index in [2.05, 4.69) is 15.9 Å². The molecule has 0 aromatic heterocycles. The molecule has 18 heavy (non-hydrogen) atoms. The van der Waals surface area contributed by atoms with E-state index in [0.717, 1.165) is 10.0 Å². The highest BCUT2D eigenvalue weighted by molar-refractivity contribution is 9.10. The summed E-state index contributed by atoms with van der Waals surface area (Å²) in [6, 6.07) is 14.3. The van der Waals surface area contributed by atoms with Gasteiger partial charge in [0.1, 0.15) is 6.61 Å². The van der Waals surface area contributed by atoms with Gasteiger partial charge in [-0.3, -0.25) is 0 Å². The molecule has 2 aromatic rings. The van der Waals surface area contributed by atoms with Gasteiger partial charge < -0.3 is 4.74 Å². The lowest BCUT2D eigenvalue weighted by molar-refractivity contribution is 0.0472. The second-order valence-electron chi connectivity index (χ2n) is 3.71. The first kappa shape index (κ1) is 13.1. The van der Waals surface area contributed by atoms with Crippen molar-refractivity contribution in [2.24, 2.45) is 0 Å². The molecule has 0 heterocycles. The first-order valence-corrected chi connectivity index (χ1v) is 6.49. The van der Waals surface area contributed by atoms with E-state index >= 15 is 0 Å². The van der Waals surface area contributed by atoms with Gasteiger partial charge in [0.25, 0.3) is 0 Å². The summed E-state index contributed by atoms with van der Waals surface area (Å²) < 4.78 is 6.19. The fourth-order valence-corrected chi connectivity index (χ4v) is 1.88. The second-order valence-corrected chi connectivity index (χ2v) is 5.07. The van der Waals surface area contributed by atoms with Crippen molar-refractivity contribution in [3.05, 3.63) is 69.2 Å². The van der Waals surface area contributed by atoms with E-state index in [-0.39, 0.29) is 12.6 Å². The predicted molar refractivity (Wildman–Crippen MR) is 74.7 cm³/mol. The van der Waals surface area contributed by atoms with Crippen LogP contribution in [0.25, 0.3) is 0 Å². The summed E-state index contributed by atoms with van der Waals surface area (Å²) in [7, 11) is 0. The average molecular weight is 326 g/mol. The molecule has 0 atom stereocenters. The molecule has 0 spiro atoms. The molecule has 0 aliphatic heterocycles. The molecule has 0 fully saturated rings. The molecule has 0 saturated carbocycles. The highest BCUT2D eigenvalue weighted by atomic mass is 79.9. The monoisotopic (exact) mass is 324 g/mol. The predicted octanol–water partition coefficient (Wildman–Crippen LogP) is 4.46. The molecule has 2 nitrogen and oxygen atoms in total. The number of rotatable bonds is 3. The molecule has 0 bridgehead atoms. The van der Waals surface area contributed by atoms with Gasteiger partial charge in [-0.15, -0.1) is 0 Å². The van der Waals surface area contributed by atoms with E-state index in [4.69, 9.17) is 16.3 Å². The summed E-state index contributed by atoms with van der Waals surface area (Å²) in [5.74, 6) is -0.375. The van der Waals surface area contributed by atoms with Crippen molar-refractivity contribution in [2.75, 3.05) is 0 Å². The Morgan fingerprint density at radius 1 is 1.17 bits per heavy atom. The van der Waals surface area contributed by atoms with Gasteiger partial charge in [0.2, 0.25) is 0 Å². The Hall–Kier alpha value is -1.32. The molecule has 0 N–H and O–H groups in total. The van der Waals surface area contributed by atoms with E-state index in [9.17, 15) is 4.79 Å².